The summed E-state index contributed by atoms with van der Waals surface area (Å²) < 4.78 is 4.15. The SMILES string of the molecule is CONCc1cc(C)sn1. The summed E-state index contributed by atoms with van der Waals surface area (Å²) in [4.78, 5) is 5.90. The number of aromatic nitrogens is 1. The highest BCUT2D eigenvalue weighted by Crippen LogP contribution is 2.06. The van der Waals surface area contributed by atoms with Crippen molar-refractivity contribution in [3.63, 3.8) is 0 Å². The molecule has 0 aromatic carbocycles. The van der Waals surface area contributed by atoms with E-state index in [4.69, 9.17) is 0 Å². The van der Waals surface area contributed by atoms with Crippen LogP contribution in [0.25, 0.3) is 0 Å². The van der Waals surface area contributed by atoms with E-state index in [1.54, 1.807) is 7.11 Å². The Labute approximate surface area is 64.1 Å². The first kappa shape index (κ1) is 7.65. The first-order valence-corrected chi connectivity index (χ1v) is 3.78. The Morgan fingerprint density at radius 2 is 2.60 bits per heavy atom. The molecule has 3 nitrogen and oxygen atoms in total. The van der Waals surface area contributed by atoms with Crippen LogP contribution in [0.5, 0.6) is 0 Å². The van der Waals surface area contributed by atoms with Crippen LogP contribution in [-0.2, 0) is 11.4 Å². The van der Waals surface area contributed by atoms with Crippen LogP contribution >= 0.6 is 11.5 Å². The Morgan fingerprint density at radius 3 is 3.10 bits per heavy atom. The summed E-state index contributed by atoms with van der Waals surface area (Å²) in [7, 11) is 1.60. The molecular formula is C6H10N2OS. The lowest BCUT2D eigenvalue weighted by atomic mass is 10.4. The third-order valence-corrected chi connectivity index (χ3v) is 1.81. The molecule has 1 aromatic heterocycles. The fourth-order valence-electron chi connectivity index (χ4n) is 0.647. The molecule has 0 unspecified atom stereocenters. The van der Waals surface area contributed by atoms with Gasteiger partial charge in [-0.3, -0.25) is 0 Å². The minimum atomic E-state index is 0.681. The standard InChI is InChI=1S/C6H10N2OS/c1-5-3-6(8-10-5)4-7-9-2/h3,7H,4H2,1-2H3. The van der Waals surface area contributed by atoms with Crippen molar-refractivity contribution in [2.24, 2.45) is 0 Å². The van der Waals surface area contributed by atoms with E-state index < -0.39 is 0 Å². The van der Waals surface area contributed by atoms with E-state index in [1.807, 2.05) is 13.0 Å². The van der Waals surface area contributed by atoms with Gasteiger partial charge in [0.2, 0.25) is 0 Å². The monoisotopic (exact) mass is 158 g/mol. The zero-order valence-corrected chi connectivity index (χ0v) is 6.86. The minimum Gasteiger partial charge on any atom is -0.305 e. The first-order chi connectivity index (χ1) is 4.83. The number of nitrogens with one attached hydrogen (secondary N) is 1. The quantitative estimate of drug-likeness (QED) is 0.669. The molecule has 4 heteroatoms. The van der Waals surface area contributed by atoms with E-state index >= 15 is 0 Å². The Hall–Kier alpha value is -0.450. The van der Waals surface area contributed by atoms with Crippen molar-refractivity contribution in [1.82, 2.24) is 9.85 Å². The van der Waals surface area contributed by atoms with Gasteiger partial charge >= 0.3 is 0 Å². The highest BCUT2D eigenvalue weighted by molar-refractivity contribution is 7.05. The van der Waals surface area contributed by atoms with Crippen molar-refractivity contribution in [2.75, 3.05) is 7.11 Å². The number of hydroxylamine groups is 1. The number of rotatable bonds is 3. The minimum absolute atomic E-state index is 0.681. The van der Waals surface area contributed by atoms with Gasteiger partial charge in [0.1, 0.15) is 0 Å². The Kier molecular flexibility index (Phi) is 2.80. The summed E-state index contributed by atoms with van der Waals surface area (Å²) in [5.41, 5.74) is 3.75. The van der Waals surface area contributed by atoms with Crippen LogP contribution in [0.2, 0.25) is 0 Å². The van der Waals surface area contributed by atoms with Gasteiger partial charge < -0.3 is 4.84 Å². The first-order valence-electron chi connectivity index (χ1n) is 3.01. The smallest absolute Gasteiger partial charge is 0.0706 e. The Balaban J connectivity index is 2.42. The maximum Gasteiger partial charge on any atom is 0.0706 e. The van der Waals surface area contributed by atoms with E-state index in [1.165, 1.54) is 16.4 Å². The number of nitrogens with zero attached hydrogens (tertiary/aromatic N) is 1. The third kappa shape index (κ3) is 2.06. The molecule has 0 bridgehead atoms. The van der Waals surface area contributed by atoms with Gasteiger partial charge in [0, 0.05) is 4.88 Å². The van der Waals surface area contributed by atoms with E-state index in [9.17, 15) is 0 Å². The average molecular weight is 158 g/mol. The fourth-order valence-corrected chi connectivity index (χ4v) is 1.21. The van der Waals surface area contributed by atoms with Crippen molar-refractivity contribution >= 4 is 11.5 Å². The molecule has 1 heterocycles. The summed E-state index contributed by atoms with van der Waals surface area (Å²) in [6.07, 6.45) is 0. The predicted molar refractivity (Wildman–Crippen MR) is 40.7 cm³/mol. The van der Waals surface area contributed by atoms with E-state index in [0.29, 0.717) is 6.54 Å². The number of aryl methyl sites for hydroxylation is 1. The van der Waals surface area contributed by atoms with Crippen LogP contribution < -0.4 is 5.48 Å². The van der Waals surface area contributed by atoms with Gasteiger partial charge in [-0.1, -0.05) is 0 Å². The summed E-state index contributed by atoms with van der Waals surface area (Å²) in [6, 6.07) is 2.04. The van der Waals surface area contributed by atoms with E-state index in [-0.39, 0.29) is 0 Å². The Bertz CT molecular complexity index is 199. The zero-order valence-electron chi connectivity index (χ0n) is 6.05. The summed E-state index contributed by atoms with van der Waals surface area (Å²) >= 11 is 1.51. The molecule has 56 valence electrons. The predicted octanol–water partition coefficient (Wildman–Crippen LogP) is 1.10. The van der Waals surface area contributed by atoms with Crippen LogP contribution in [0.15, 0.2) is 6.07 Å². The molecule has 0 radical (unpaired) electrons. The van der Waals surface area contributed by atoms with Gasteiger partial charge in [-0.25, -0.2) is 0 Å². The second-order valence-corrected chi connectivity index (χ2v) is 2.96. The van der Waals surface area contributed by atoms with Crippen LogP contribution in [0, 0.1) is 6.92 Å². The normalized spacial score (nSPS) is 10.2. The average Bonchev–Trinajstić information content (AvgIpc) is 2.31. The fraction of sp³-hybridized carbons (Fsp3) is 0.500. The van der Waals surface area contributed by atoms with Crippen molar-refractivity contribution in [2.45, 2.75) is 13.5 Å². The van der Waals surface area contributed by atoms with Gasteiger partial charge in [0.15, 0.2) is 0 Å². The molecule has 0 saturated heterocycles. The molecule has 0 saturated carbocycles. The lowest BCUT2D eigenvalue weighted by molar-refractivity contribution is 0.0860. The molecule has 1 N–H and O–H groups in total. The molecule has 10 heavy (non-hydrogen) atoms. The highest BCUT2D eigenvalue weighted by Gasteiger charge is 1.95. The molecule has 1 rings (SSSR count). The topological polar surface area (TPSA) is 34.1 Å². The Morgan fingerprint density at radius 1 is 1.80 bits per heavy atom. The van der Waals surface area contributed by atoms with Gasteiger partial charge in [-0.15, -0.1) is 0 Å². The maximum absolute atomic E-state index is 4.67. The second-order valence-electron chi connectivity index (χ2n) is 1.95. The van der Waals surface area contributed by atoms with Crippen molar-refractivity contribution < 1.29 is 4.84 Å². The van der Waals surface area contributed by atoms with E-state index in [0.717, 1.165) is 5.69 Å². The summed E-state index contributed by atoms with van der Waals surface area (Å²) in [6.45, 7) is 2.72. The van der Waals surface area contributed by atoms with Crippen molar-refractivity contribution in [3.8, 4) is 0 Å². The molecule has 0 atom stereocenters. The zero-order chi connectivity index (χ0) is 7.40. The second kappa shape index (κ2) is 3.65. The highest BCUT2D eigenvalue weighted by atomic mass is 32.1. The van der Waals surface area contributed by atoms with Crippen LogP contribution in [-0.4, -0.2) is 11.5 Å². The van der Waals surface area contributed by atoms with Gasteiger partial charge in [-0.05, 0) is 24.5 Å². The van der Waals surface area contributed by atoms with Crippen LogP contribution in [0.3, 0.4) is 0 Å². The third-order valence-electron chi connectivity index (χ3n) is 1.07. The molecule has 0 aliphatic heterocycles. The van der Waals surface area contributed by atoms with E-state index in [2.05, 4.69) is 14.7 Å². The summed E-state index contributed by atoms with van der Waals surface area (Å²) in [5.74, 6) is 0. The molecule has 0 amide bonds. The number of hydrogen-bond donors (Lipinski definition) is 1. The molecular weight excluding hydrogens is 148 g/mol. The molecule has 0 aliphatic carbocycles. The largest absolute Gasteiger partial charge is 0.305 e. The lowest BCUT2D eigenvalue weighted by Gasteiger charge is -1.94. The van der Waals surface area contributed by atoms with Crippen molar-refractivity contribution in [3.05, 3.63) is 16.6 Å². The van der Waals surface area contributed by atoms with Crippen LogP contribution in [0.4, 0.5) is 0 Å². The molecule has 1 aromatic rings. The lowest BCUT2D eigenvalue weighted by Crippen LogP contribution is -2.10. The molecule has 0 spiro atoms. The van der Waals surface area contributed by atoms with Gasteiger partial charge in [0.25, 0.3) is 0 Å². The molecule has 0 fully saturated rings. The van der Waals surface area contributed by atoms with Gasteiger partial charge in [0.05, 0.1) is 19.3 Å². The van der Waals surface area contributed by atoms with Crippen LogP contribution in [0.1, 0.15) is 10.6 Å². The maximum atomic E-state index is 4.67. The molecule has 0 aliphatic rings. The van der Waals surface area contributed by atoms with Crippen molar-refractivity contribution in [1.29, 1.82) is 0 Å². The number of hydrogen-bond acceptors (Lipinski definition) is 4. The van der Waals surface area contributed by atoms with Gasteiger partial charge in [-0.2, -0.15) is 9.85 Å². The summed E-state index contributed by atoms with van der Waals surface area (Å²) in [5, 5.41) is 0.